The zero-order chi connectivity index (χ0) is 26.8. The van der Waals surface area contributed by atoms with Gasteiger partial charge in [0.1, 0.15) is 5.82 Å². The Hall–Kier alpha value is -2.68. The van der Waals surface area contributed by atoms with E-state index in [1.807, 2.05) is 6.20 Å². The lowest BCUT2D eigenvalue weighted by molar-refractivity contribution is 0.323. The quantitative estimate of drug-likeness (QED) is 0.329. The molecule has 3 saturated carbocycles. The molecule has 39 heavy (non-hydrogen) atoms. The fraction of sp³-hybridized carbons (Fsp3) is 0.556. The van der Waals surface area contributed by atoms with Gasteiger partial charge in [0, 0.05) is 36.1 Å². The van der Waals surface area contributed by atoms with Crippen molar-refractivity contribution in [2.45, 2.75) is 103 Å². The Balaban J connectivity index is 1.18. The zero-order valence-corrected chi connectivity index (χ0v) is 24.3. The largest absolute Gasteiger partial charge is 0.330 e. The van der Waals surface area contributed by atoms with Crippen molar-refractivity contribution in [2.24, 2.45) is 22.7 Å². The van der Waals surface area contributed by atoms with E-state index in [0.29, 0.717) is 17.8 Å². The summed E-state index contributed by atoms with van der Waals surface area (Å²) < 4.78 is 0. The van der Waals surface area contributed by atoms with Crippen LogP contribution in [0.1, 0.15) is 112 Å². The molecule has 1 aromatic carbocycles. The van der Waals surface area contributed by atoms with E-state index in [0.717, 1.165) is 36.8 Å². The van der Waals surface area contributed by atoms with Gasteiger partial charge in [-0.25, -0.2) is 4.98 Å². The van der Waals surface area contributed by atoms with Crippen molar-refractivity contribution in [1.82, 2.24) is 4.98 Å². The number of nitrogens with zero attached hydrogens (tertiary/aromatic N) is 3. The third-order valence-electron chi connectivity index (χ3n) is 10.1. The second-order valence-electron chi connectivity index (χ2n) is 12.8. The summed E-state index contributed by atoms with van der Waals surface area (Å²) in [5.41, 5.74) is 9.56. The molecule has 6 rings (SSSR count). The Morgan fingerprint density at radius 2 is 1.69 bits per heavy atom. The molecule has 0 unspecified atom stereocenters. The molecular formula is C36H47N3. The van der Waals surface area contributed by atoms with Crippen LogP contribution in [0.25, 0.3) is 5.70 Å². The van der Waals surface area contributed by atoms with Crippen molar-refractivity contribution in [1.29, 1.82) is 0 Å². The van der Waals surface area contributed by atoms with Gasteiger partial charge < -0.3 is 4.90 Å². The van der Waals surface area contributed by atoms with Gasteiger partial charge in [-0.1, -0.05) is 57.0 Å². The molecule has 0 saturated heterocycles. The standard InChI is InChI=1S/C36H47N3/c1-4-28-14-17-32(22-25(28)2)30-12-10-27(11-13-30)24-39(26(3)29-8-6-5-7-9-29)36-23-33(20-21-37-36)35-19-18-34(38-35)31-15-16-31/h14,17,19-23,27,29-31H,3-13,15-16,18,24H2,1-2H3. The van der Waals surface area contributed by atoms with Crippen LogP contribution in [0.2, 0.25) is 0 Å². The van der Waals surface area contributed by atoms with Gasteiger partial charge in [-0.3, -0.25) is 4.99 Å². The van der Waals surface area contributed by atoms with Crippen LogP contribution in [0.4, 0.5) is 5.82 Å². The van der Waals surface area contributed by atoms with Crippen LogP contribution in [0, 0.1) is 24.7 Å². The van der Waals surface area contributed by atoms with Gasteiger partial charge >= 0.3 is 0 Å². The third kappa shape index (κ3) is 6.08. The lowest BCUT2D eigenvalue weighted by Crippen LogP contribution is -2.34. The van der Waals surface area contributed by atoms with Crippen LogP contribution in [0.5, 0.6) is 0 Å². The minimum Gasteiger partial charge on any atom is -0.330 e. The van der Waals surface area contributed by atoms with Crippen molar-refractivity contribution in [3.8, 4) is 0 Å². The number of hydrogen-bond donors (Lipinski definition) is 0. The minimum absolute atomic E-state index is 0.589. The first-order valence-electron chi connectivity index (χ1n) is 15.9. The fourth-order valence-corrected chi connectivity index (χ4v) is 7.35. The topological polar surface area (TPSA) is 28.5 Å². The number of aliphatic imine (C=N–C) groups is 1. The summed E-state index contributed by atoms with van der Waals surface area (Å²) >= 11 is 0. The van der Waals surface area contributed by atoms with E-state index in [9.17, 15) is 0 Å². The Kier molecular flexibility index (Phi) is 8.04. The Labute approximate surface area is 236 Å². The first-order chi connectivity index (χ1) is 19.1. The lowest BCUT2D eigenvalue weighted by atomic mass is 9.77. The molecule has 2 aromatic rings. The van der Waals surface area contributed by atoms with E-state index in [4.69, 9.17) is 16.6 Å². The second kappa shape index (κ2) is 11.8. The number of aromatic nitrogens is 1. The number of allylic oxidation sites excluding steroid dienone is 2. The molecule has 0 N–H and O–H groups in total. The molecule has 206 valence electrons. The predicted octanol–water partition coefficient (Wildman–Crippen LogP) is 9.42. The van der Waals surface area contributed by atoms with Crippen LogP contribution >= 0.6 is 0 Å². The highest BCUT2D eigenvalue weighted by Gasteiger charge is 2.30. The van der Waals surface area contributed by atoms with Crippen LogP contribution in [-0.2, 0) is 6.42 Å². The molecule has 3 heteroatoms. The lowest BCUT2D eigenvalue weighted by Gasteiger charge is -2.37. The Morgan fingerprint density at radius 3 is 2.41 bits per heavy atom. The normalized spacial score (nSPS) is 23.8. The van der Waals surface area contributed by atoms with Crippen molar-refractivity contribution in [2.75, 3.05) is 11.4 Å². The second-order valence-corrected chi connectivity index (χ2v) is 12.8. The molecule has 0 spiro atoms. The van der Waals surface area contributed by atoms with Crippen LogP contribution in [-0.4, -0.2) is 17.2 Å². The van der Waals surface area contributed by atoms with Gasteiger partial charge in [0.05, 0.1) is 5.70 Å². The summed E-state index contributed by atoms with van der Waals surface area (Å²) in [6, 6.07) is 11.7. The van der Waals surface area contributed by atoms with E-state index >= 15 is 0 Å². The van der Waals surface area contributed by atoms with E-state index in [1.165, 1.54) is 98.7 Å². The molecule has 1 aliphatic heterocycles. The van der Waals surface area contributed by atoms with Gasteiger partial charge in [-0.15, -0.1) is 0 Å². The summed E-state index contributed by atoms with van der Waals surface area (Å²) in [5.74, 6) is 3.80. The monoisotopic (exact) mass is 521 g/mol. The smallest absolute Gasteiger partial charge is 0.133 e. The summed E-state index contributed by atoms with van der Waals surface area (Å²) in [6.45, 7) is 10.3. The molecule has 3 nitrogen and oxygen atoms in total. The van der Waals surface area contributed by atoms with Gasteiger partial charge in [0.2, 0.25) is 0 Å². The summed E-state index contributed by atoms with van der Waals surface area (Å²) in [4.78, 5) is 12.5. The van der Waals surface area contributed by atoms with Crippen molar-refractivity contribution < 1.29 is 0 Å². The molecule has 0 bridgehead atoms. The number of aryl methyl sites for hydroxylation is 2. The highest BCUT2D eigenvalue weighted by atomic mass is 15.2. The highest BCUT2D eigenvalue weighted by molar-refractivity contribution is 5.98. The maximum atomic E-state index is 5.03. The molecule has 0 atom stereocenters. The predicted molar refractivity (Wildman–Crippen MR) is 165 cm³/mol. The van der Waals surface area contributed by atoms with E-state index in [2.05, 4.69) is 55.2 Å². The van der Waals surface area contributed by atoms with Gasteiger partial charge in [0.25, 0.3) is 0 Å². The SMILES string of the molecule is C=C(C1CCCCC1)N(CC1CCC(c2ccc(CC)c(C)c2)CC1)c1cc(C2=CCC(C3CC3)=N2)ccn1. The summed E-state index contributed by atoms with van der Waals surface area (Å²) in [5, 5.41) is 0. The Morgan fingerprint density at radius 1 is 0.923 bits per heavy atom. The third-order valence-corrected chi connectivity index (χ3v) is 10.1. The molecule has 3 fully saturated rings. The maximum absolute atomic E-state index is 5.03. The van der Waals surface area contributed by atoms with Crippen molar-refractivity contribution >= 4 is 17.2 Å². The fourth-order valence-electron chi connectivity index (χ4n) is 7.35. The molecule has 4 aliphatic rings. The number of hydrogen-bond acceptors (Lipinski definition) is 3. The van der Waals surface area contributed by atoms with Gasteiger partial charge in [-0.2, -0.15) is 0 Å². The maximum Gasteiger partial charge on any atom is 0.133 e. The van der Waals surface area contributed by atoms with Crippen LogP contribution in [0.15, 0.2) is 59.9 Å². The zero-order valence-electron chi connectivity index (χ0n) is 24.3. The van der Waals surface area contributed by atoms with E-state index in [-0.39, 0.29) is 0 Å². The molecule has 1 aromatic heterocycles. The average molecular weight is 522 g/mol. The van der Waals surface area contributed by atoms with Crippen molar-refractivity contribution in [3.05, 3.63) is 77.1 Å². The molecule has 0 amide bonds. The average Bonchev–Trinajstić information content (AvgIpc) is 3.72. The number of benzene rings is 1. The van der Waals surface area contributed by atoms with E-state index in [1.54, 1.807) is 5.56 Å². The van der Waals surface area contributed by atoms with E-state index < -0.39 is 0 Å². The first kappa shape index (κ1) is 26.5. The minimum atomic E-state index is 0.589. The highest BCUT2D eigenvalue weighted by Crippen LogP contribution is 2.40. The van der Waals surface area contributed by atoms with Crippen LogP contribution < -0.4 is 4.90 Å². The summed E-state index contributed by atoms with van der Waals surface area (Å²) in [6.07, 6.45) is 20.8. The number of rotatable bonds is 9. The number of anilines is 1. The number of pyridine rings is 1. The molecule has 2 heterocycles. The molecule has 3 aliphatic carbocycles. The first-order valence-corrected chi connectivity index (χ1v) is 15.9. The molecular weight excluding hydrogens is 474 g/mol. The van der Waals surface area contributed by atoms with Crippen LogP contribution in [0.3, 0.4) is 0 Å². The van der Waals surface area contributed by atoms with Crippen molar-refractivity contribution in [3.63, 3.8) is 0 Å². The molecule has 0 radical (unpaired) electrons. The van der Waals surface area contributed by atoms with Gasteiger partial charge in [0.15, 0.2) is 0 Å². The van der Waals surface area contributed by atoms with Gasteiger partial charge in [-0.05, 0) is 117 Å². The Bertz CT molecular complexity index is 1240. The summed E-state index contributed by atoms with van der Waals surface area (Å²) in [7, 11) is 0.